The van der Waals surface area contributed by atoms with Crippen molar-refractivity contribution in [2.75, 3.05) is 0 Å². The Morgan fingerprint density at radius 3 is 2.60 bits per heavy atom. The second-order valence-electron chi connectivity index (χ2n) is 2.83. The molecular formula is C11H7FINO. The van der Waals surface area contributed by atoms with Gasteiger partial charge in [0.1, 0.15) is 5.75 Å². The molecule has 0 aliphatic carbocycles. The van der Waals surface area contributed by atoms with Gasteiger partial charge >= 0.3 is 0 Å². The highest BCUT2D eigenvalue weighted by Gasteiger charge is 2.02. The molecule has 0 aliphatic rings. The normalized spacial score (nSPS) is 10.0. The monoisotopic (exact) mass is 315 g/mol. The van der Waals surface area contributed by atoms with Crippen LogP contribution in [0.25, 0.3) is 0 Å². The van der Waals surface area contributed by atoms with Crippen molar-refractivity contribution in [3.8, 4) is 11.6 Å². The first-order valence-corrected chi connectivity index (χ1v) is 5.38. The van der Waals surface area contributed by atoms with Crippen LogP contribution in [0.3, 0.4) is 0 Å². The van der Waals surface area contributed by atoms with E-state index in [1.165, 1.54) is 6.07 Å². The Balaban J connectivity index is 2.26. The van der Waals surface area contributed by atoms with Gasteiger partial charge in [0.15, 0.2) is 0 Å². The summed E-state index contributed by atoms with van der Waals surface area (Å²) in [5.41, 5.74) is 0. The lowest BCUT2D eigenvalue weighted by molar-refractivity contribution is 0.442. The summed E-state index contributed by atoms with van der Waals surface area (Å²) >= 11 is 2.15. The highest BCUT2D eigenvalue weighted by Crippen LogP contribution is 2.24. The molecule has 1 heterocycles. The largest absolute Gasteiger partial charge is 0.438 e. The number of aromatic nitrogens is 1. The number of para-hydroxylation sites is 1. The molecule has 4 heteroatoms. The molecule has 1 aromatic carbocycles. The number of halogens is 2. The number of pyridine rings is 1. The van der Waals surface area contributed by atoms with Crippen LogP contribution in [-0.4, -0.2) is 4.98 Å². The van der Waals surface area contributed by atoms with Crippen LogP contribution in [0, 0.1) is 9.52 Å². The predicted molar refractivity (Wildman–Crippen MR) is 63.4 cm³/mol. The number of ether oxygens (including phenoxy) is 1. The van der Waals surface area contributed by atoms with Gasteiger partial charge in [0.05, 0.1) is 3.57 Å². The third kappa shape index (κ3) is 2.65. The zero-order valence-corrected chi connectivity index (χ0v) is 9.81. The lowest BCUT2D eigenvalue weighted by Crippen LogP contribution is -1.91. The Kier molecular flexibility index (Phi) is 3.15. The quantitative estimate of drug-likeness (QED) is 0.624. The van der Waals surface area contributed by atoms with Crippen LogP contribution in [0.1, 0.15) is 0 Å². The Morgan fingerprint density at radius 1 is 1.07 bits per heavy atom. The first-order chi connectivity index (χ1) is 7.25. The third-order valence-electron chi connectivity index (χ3n) is 1.74. The summed E-state index contributed by atoms with van der Waals surface area (Å²) in [5, 5.41) is 0. The smallest absolute Gasteiger partial charge is 0.221 e. The summed E-state index contributed by atoms with van der Waals surface area (Å²) in [5.74, 6) is 0.397. The van der Waals surface area contributed by atoms with Gasteiger partial charge in [0.25, 0.3) is 0 Å². The second-order valence-corrected chi connectivity index (χ2v) is 3.99. The highest BCUT2D eigenvalue weighted by atomic mass is 127. The molecule has 76 valence electrons. The van der Waals surface area contributed by atoms with E-state index in [1.54, 1.807) is 12.1 Å². The van der Waals surface area contributed by atoms with Gasteiger partial charge in [-0.1, -0.05) is 18.2 Å². The minimum absolute atomic E-state index is 0.263. The first-order valence-electron chi connectivity index (χ1n) is 4.30. The fraction of sp³-hybridized carbons (Fsp3) is 0. The Morgan fingerprint density at radius 2 is 1.87 bits per heavy atom. The molecule has 2 aromatic rings. The molecule has 0 fully saturated rings. The van der Waals surface area contributed by atoms with Gasteiger partial charge in [-0.25, -0.2) is 0 Å². The standard InChI is InChI=1S/C11H7FINO/c12-10-6-3-7-11(14-10)15-9-5-2-1-4-8(9)13/h1-7H. The summed E-state index contributed by atoms with van der Waals surface area (Å²) in [4.78, 5) is 3.62. The van der Waals surface area contributed by atoms with Crippen molar-refractivity contribution in [1.29, 1.82) is 0 Å². The van der Waals surface area contributed by atoms with E-state index < -0.39 is 5.95 Å². The lowest BCUT2D eigenvalue weighted by Gasteiger charge is -2.05. The van der Waals surface area contributed by atoms with E-state index in [0.29, 0.717) is 5.75 Å². The molecule has 0 unspecified atom stereocenters. The maximum Gasteiger partial charge on any atom is 0.221 e. The number of nitrogens with zero attached hydrogens (tertiary/aromatic N) is 1. The average molecular weight is 315 g/mol. The van der Waals surface area contributed by atoms with Gasteiger partial charge < -0.3 is 4.74 Å². The zero-order valence-electron chi connectivity index (χ0n) is 7.65. The summed E-state index contributed by atoms with van der Waals surface area (Å²) in [6.07, 6.45) is 0. The van der Waals surface area contributed by atoms with Crippen molar-refractivity contribution in [2.24, 2.45) is 0 Å². The number of rotatable bonds is 2. The number of hydrogen-bond acceptors (Lipinski definition) is 2. The molecule has 0 aliphatic heterocycles. The van der Waals surface area contributed by atoms with Crippen LogP contribution >= 0.6 is 22.6 Å². The van der Waals surface area contributed by atoms with Crippen molar-refractivity contribution >= 4 is 22.6 Å². The summed E-state index contributed by atoms with van der Waals surface area (Å²) in [6.45, 7) is 0. The van der Waals surface area contributed by atoms with Gasteiger partial charge in [-0.2, -0.15) is 9.37 Å². The van der Waals surface area contributed by atoms with Gasteiger partial charge in [-0.3, -0.25) is 0 Å². The number of hydrogen-bond donors (Lipinski definition) is 0. The molecule has 0 spiro atoms. The third-order valence-corrected chi connectivity index (χ3v) is 2.63. The number of benzene rings is 1. The first kappa shape index (κ1) is 10.4. The lowest BCUT2D eigenvalue weighted by atomic mass is 10.3. The van der Waals surface area contributed by atoms with Crippen LogP contribution in [-0.2, 0) is 0 Å². The molecule has 0 radical (unpaired) electrons. The van der Waals surface area contributed by atoms with E-state index in [1.807, 2.05) is 24.3 Å². The van der Waals surface area contributed by atoms with Gasteiger partial charge in [0, 0.05) is 6.07 Å². The minimum atomic E-state index is -0.543. The predicted octanol–water partition coefficient (Wildman–Crippen LogP) is 3.62. The summed E-state index contributed by atoms with van der Waals surface area (Å²) in [7, 11) is 0. The van der Waals surface area contributed by atoms with Crippen molar-refractivity contribution < 1.29 is 9.13 Å². The molecule has 2 rings (SSSR count). The molecule has 0 atom stereocenters. The summed E-state index contributed by atoms with van der Waals surface area (Å²) < 4.78 is 19.2. The van der Waals surface area contributed by atoms with E-state index in [9.17, 15) is 4.39 Å². The van der Waals surface area contributed by atoms with E-state index in [4.69, 9.17) is 4.74 Å². The van der Waals surface area contributed by atoms with Crippen LogP contribution < -0.4 is 4.74 Å². The minimum Gasteiger partial charge on any atom is -0.438 e. The molecule has 1 aromatic heterocycles. The summed E-state index contributed by atoms with van der Waals surface area (Å²) in [6, 6.07) is 12.0. The maximum absolute atomic E-state index is 12.8. The van der Waals surface area contributed by atoms with E-state index in [-0.39, 0.29) is 5.88 Å². The molecule has 0 amide bonds. The highest BCUT2D eigenvalue weighted by molar-refractivity contribution is 14.1. The maximum atomic E-state index is 12.8. The van der Waals surface area contributed by atoms with Crippen molar-refractivity contribution in [3.63, 3.8) is 0 Å². The van der Waals surface area contributed by atoms with Crippen molar-refractivity contribution in [2.45, 2.75) is 0 Å². The fourth-order valence-electron chi connectivity index (χ4n) is 1.09. The van der Waals surface area contributed by atoms with E-state index >= 15 is 0 Å². The Bertz CT molecular complexity index is 476. The van der Waals surface area contributed by atoms with Crippen LogP contribution in [0.4, 0.5) is 4.39 Å². The molecule has 0 bridgehead atoms. The van der Waals surface area contributed by atoms with Crippen LogP contribution in [0.5, 0.6) is 11.6 Å². The molecule has 0 N–H and O–H groups in total. The van der Waals surface area contributed by atoms with Gasteiger partial charge in [-0.05, 0) is 40.8 Å². The average Bonchev–Trinajstić information content (AvgIpc) is 2.22. The molecule has 2 nitrogen and oxygen atoms in total. The van der Waals surface area contributed by atoms with Crippen molar-refractivity contribution in [3.05, 3.63) is 52.0 Å². The second kappa shape index (κ2) is 4.57. The Hall–Kier alpha value is -1.17. The van der Waals surface area contributed by atoms with Crippen LogP contribution in [0.2, 0.25) is 0 Å². The van der Waals surface area contributed by atoms with Gasteiger partial charge in [0.2, 0.25) is 11.8 Å². The topological polar surface area (TPSA) is 22.1 Å². The molecule has 0 saturated carbocycles. The molecule has 15 heavy (non-hydrogen) atoms. The molecule has 0 saturated heterocycles. The molecular weight excluding hydrogens is 308 g/mol. The van der Waals surface area contributed by atoms with Gasteiger partial charge in [-0.15, -0.1) is 0 Å². The van der Waals surface area contributed by atoms with E-state index in [0.717, 1.165) is 3.57 Å². The van der Waals surface area contributed by atoms with E-state index in [2.05, 4.69) is 27.6 Å². The fourth-order valence-corrected chi connectivity index (χ4v) is 1.58. The SMILES string of the molecule is Fc1cccc(Oc2ccccc2I)n1. The van der Waals surface area contributed by atoms with Crippen LogP contribution in [0.15, 0.2) is 42.5 Å². The Labute approximate surface area is 100 Å². The zero-order chi connectivity index (χ0) is 10.7. The van der Waals surface area contributed by atoms with Crippen molar-refractivity contribution in [1.82, 2.24) is 4.98 Å².